The number of anilines is 2. The van der Waals surface area contributed by atoms with Crippen molar-refractivity contribution < 1.29 is 14.3 Å². The molecule has 2 aromatic carbocycles. The fourth-order valence-corrected chi connectivity index (χ4v) is 2.66. The van der Waals surface area contributed by atoms with E-state index >= 15 is 0 Å². The molecule has 0 atom stereocenters. The summed E-state index contributed by atoms with van der Waals surface area (Å²) in [6, 6.07) is 14.9. The van der Waals surface area contributed by atoms with E-state index < -0.39 is 0 Å². The molecule has 1 aromatic heterocycles. The monoisotopic (exact) mass is 406 g/mol. The Kier molecular flexibility index (Phi) is 6.16. The molecule has 0 bridgehead atoms. The van der Waals surface area contributed by atoms with Crippen LogP contribution in [0.2, 0.25) is 0 Å². The normalized spacial score (nSPS) is 10.1. The van der Waals surface area contributed by atoms with Gasteiger partial charge in [-0.2, -0.15) is 0 Å². The summed E-state index contributed by atoms with van der Waals surface area (Å²) in [6.07, 6.45) is 2.99. The first-order valence-electron chi connectivity index (χ1n) is 8.58. The Morgan fingerprint density at radius 2 is 1.38 bits per heavy atom. The zero-order valence-corrected chi connectivity index (χ0v) is 16.3. The molecule has 0 fully saturated rings. The molecule has 7 nitrogen and oxygen atoms in total. The van der Waals surface area contributed by atoms with E-state index in [2.05, 4.69) is 15.6 Å². The van der Waals surface area contributed by atoms with E-state index in [4.69, 9.17) is 22.7 Å². The Morgan fingerprint density at radius 1 is 0.862 bits per heavy atom. The van der Waals surface area contributed by atoms with Crippen molar-refractivity contribution in [2.75, 3.05) is 17.7 Å². The summed E-state index contributed by atoms with van der Waals surface area (Å²) < 4.78 is 5.09. The second-order valence-corrected chi connectivity index (χ2v) is 6.44. The maximum Gasteiger partial charge on any atom is 0.255 e. The van der Waals surface area contributed by atoms with E-state index in [1.54, 1.807) is 61.7 Å². The Hall–Kier alpha value is -3.78. The lowest BCUT2D eigenvalue weighted by Gasteiger charge is -2.12. The number of hydrogen-bond acceptors (Lipinski definition) is 5. The fourth-order valence-electron chi connectivity index (χ4n) is 2.52. The molecule has 0 saturated heterocycles. The molecule has 1 heterocycles. The summed E-state index contributed by atoms with van der Waals surface area (Å²) in [7, 11) is 1.55. The maximum absolute atomic E-state index is 12.5. The lowest BCUT2D eigenvalue weighted by Crippen LogP contribution is -2.17. The molecule has 2 amide bonds. The molecule has 29 heavy (non-hydrogen) atoms. The van der Waals surface area contributed by atoms with Crippen molar-refractivity contribution in [1.82, 2.24) is 4.98 Å². The van der Waals surface area contributed by atoms with E-state index in [1.807, 2.05) is 0 Å². The van der Waals surface area contributed by atoms with Gasteiger partial charge in [0.25, 0.3) is 11.8 Å². The van der Waals surface area contributed by atoms with Crippen molar-refractivity contribution in [2.24, 2.45) is 5.73 Å². The van der Waals surface area contributed by atoms with E-state index in [0.717, 1.165) is 0 Å². The second kappa shape index (κ2) is 8.94. The van der Waals surface area contributed by atoms with Gasteiger partial charge in [0.15, 0.2) is 0 Å². The molecule has 4 N–H and O–H groups in total. The van der Waals surface area contributed by atoms with Crippen molar-refractivity contribution in [2.45, 2.75) is 0 Å². The third kappa shape index (κ3) is 4.94. The number of aromatic nitrogens is 1. The highest BCUT2D eigenvalue weighted by Gasteiger charge is 2.13. The predicted octanol–water partition coefficient (Wildman–Crippen LogP) is 3.23. The number of rotatable bonds is 6. The van der Waals surface area contributed by atoms with Crippen LogP contribution in [0.4, 0.5) is 11.4 Å². The molecule has 146 valence electrons. The molecule has 0 unspecified atom stereocenters. The number of nitrogens with zero attached hydrogens (tertiary/aromatic N) is 1. The number of ether oxygens (including phenoxy) is 1. The van der Waals surface area contributed by atoms with Crippen LogP contribution < -0.4 is 21.1 Å². The van der Waals surface area contributed by atoms with Gasteiger partial charge >= 0.3 is 0 Å². The minimum atomic E-state index is -0.354. The smallest absolute Gasteiger partial charge is 0.255 e. The topological polar surface area (TPSA) is 106 Å². The van der Waals surface area contributed by atoms with Gasteiger partial charge < -0.3 is 21.1 Å². The molecular formula is C21H18N4O3S. The van der Waals surface area contributed by atoms with Crippen LogP contribution in [0.25, 0.3) is 0 Å². The Bertz CT molecular complexity index is 1050. The summed E-state index contributed by atoms with van der Waals surface area (Å²) in [4.78, 5) is 29.3. The number of nitrogens with one attached hydrogen (secondary N) is 2. The zero-order chi connectivity index (χ0) is 20.8. The maximum atomic E-state index is 12.5. The van der Waals surface area contributed by atoms with Crippen LogP contribution in [0.3, 0.4) is 0 Å². The number of thiocarbonyl (C=S) groups is 1. The molecule has 0 spiro atoms. The van der Waals surface area contributed by atoms with Crippen molar-refractivity contribution in [1.29, 1.82) is 0 Å². The Labute approximate surface area is 172 Å². The van der Waals surface area contributed by atoms with Gasteiger partial charge in [0.1, 0.15) is 10.7 Å². The first kappa shape index (κ1) is 20.0. The predicted molar refractivity (Wildman–Crippen MR) is 115 cm³/mol. The minimum Gasteiger partial charge on any atom is -0.497 e. The van der Waals surface area contributed by atoms with E-state index in [1.165, 1.54) is 12.4 Å². The third-order valence-corrected chi connectivity index (χ3v) is 4.34. The molecule has 3 aromatic rings. The van der Waals surface area contributed by atoms with Crippen LogP contribution >= 0.6 is 12.2 Å². The first-order valence-corrected chi connectivity index (χ1v) is 8.99. The summed E-state index contributed by atoms with van der Waals surface area (Å²) in [6.45, 7) is 0. The lowest BCUT2D eigenvalue weighted by atomic mass is 10.1. The Balaban J connectivity index is 1.75. The van der Waals surface area contributed by atoms with Crippen LogP contribution in [-0.2, 0) is 0 Å². The summed E-state index contributed by atoms with van der Waals surface area (Å²) >= 11 is 4.91. The quantitative estimate of drug-likeness (QED) is 0.543. The third-order valence-electron chi connectivity index (χ3n) is 4.10. The molecule has 3 rings (SSSR count). The number of amides is 2. The average molecular weight is 406 g/mol. The summed E-state index contributed by atoms with van der Waals surface area (Å²) in [5.41, 5.74) is 7.91. The van der Waals surface area contributed by atoms with Gasteiger partial charge in [0.2, 0.25) is 0 Å². The van der Waals surface area contributed by atoms with Gasteiger partial charge in [-0.25, -0.2) is 0 Å². The molecule has 0 radical (unpaired) electrons. The number of benzene rings is 2. The van der Waals surface area contributed by atoms with Crippen LogP contribution in [-0.4, -0.2) is 28.9 Å². The van der Waals surface area contributed by atoms with Gasteiger partial charge in [-0.15, -0.1) is 0 Å². The van der Waals surface area contributed by atoms with Crippen LogP contribution in [0.1, 0.15) is 26.3 Å². The molecular weight excluding hydrogens is 388 g/mol. The highest BCUT2D eigenvalue weighted by molar-refractivity contribution is 7.80. The van der Waals surface area contributed by atoms with Gasteiger partial charge in [0, 0.05) is 22.9 Å². The number of carbonyl (C=O) groups is 2. The standard InChI is InChI=1S/C21H18N4O3S/c1-28-16-8-6-15(7-9-16)20(26)24-17-10-11-23-12-18(17)25-21(27)14-4-2-13(3-5-14)19(22)29/h2-12H,1H3,(H2,22,29)(H,25,27)(H,23,24,26). The molecule has 8 heteroatoms. The second-order valence-electron chi connectivity index (χ2n) is 6.00. The van der Waals surface area contributed by atoms with Gasteiger partial charge in [0.05, 0.1) is 24.7 Å². The Morgan fingerprint density at radius 3 is 1.93 bits per heavy atom. The molecule has 0 aliphatic carbocycles. The number of nitrogens with two attached hydrogens (primary N) is 1. The number of pyridine rings is 1. The first-order chi connectivity index (χ1) is 14.0. The van der Waals surface area contributed by atoms with Crippen LogP contribution in [0.15, 0.2) is 67.0 Å². The van der Waals surface area contributed by atoms with Gasteiger partial charge in [-0.3, -0.25) is 14.6 Å². The number of methoxy groups -OCH3 is 1. The van der Waals surface area contributed by atoms with Crippen molar-refractivity contribution in [3.63, 3.8) is 0 Å². The average Bonchev–Trinajstić information content (AvgIpc) is 2.75. The van der Waals surface area contributed by atoms with Crippen molar-refractivity contribution >= 4 is 40.4 Å². The fraction of sp³-hybridized carbons (Fsp3) is 0.0476. The highest BCUT2D eigenvalue weighted by Crippen LogP contribution is 2.22. The minimum absolute atomic E-state index is 0.257. The molecule has 0 aliphatic rings. The van der Waals surface area contributed by atoms with E-state index in [0.29, 0.717) is 33.8 Å². The van der Waals surface area contributed by atoms with Crippen LogP contribution in [0, 0.1) is 0 Å². The molecule has 0 saturated carbocycles. The SMILES string of the molecule is COc1ccc(C(=O)Nc2ccncc2NC(=O)c2ccc(C(N)=S)cc2)cc1. The zero-order valence-electron chi connectivity index (χ0n) is 15.5. The van der Waals surface area contributed by atoms with Crippen molar-refractivity contribution in [3.05, 3.63) is 83.7 Å². The van der Waals surface area contributed by atoms with Crippen molar-refractivity contribution in [3.8, 4) is 5.75 Å². The van der Waals surface area contributed by atoms with E-state index in [-0.39, 0.29) is 16.8 Å². The van der Waals surface area contributed by atoms with Gasteiger partial charge in [-0.05, 0) is 42.5 Å². The number of hydrogen-bond donors (Lipinski definition) is 3. The summed E-state index contributed by atoms with van der Waals surface area (Å²) in [5, 5.41) is 5.53. The van der Waals surface area contributed by atoms with Crippen LogP contribution in [0.5, 0.6) is 5.75 Å². The summed E-state index contributed by atoms with van der Waals surface area (Å²) in [5.74, 6) is -0.0255. The van der Waals surface area contributed by atoms with Gasteiger partial charge in [-0.1, -0.05) is 24.4 Å². The lowest BCUT2D eigenvalue weighted by molar-refractivity contribution is 0.101. The van der Waals surface area contributed by atoms with E-state index in [9.17, 15) is 9.59 Å². The molecule has 0 aliphatic heterocycles. The number of carbonyl (C=O) groups excluding carboxylic acids is 2. The highest BCUT2D eigenvalue weighted by atomic mass is 32.1. The largest absolute Gasteiger partial charge is 0.497 e.